The molecule has 0 unspecified atom stereocenters. The third-order valence-electron chi connectivity index (χ3n) is 3.38. The molecule has 17 heavy (non-hydrogen) atoms. The maximum Gasteiger partial charge on any atom is 0.222 e. The molecule has 0 radical (unpaired) electrons. The molecular formula is C12H7N5. The summed E-state index contributed by atoms with van der Waals surface area (Å²) in [6.07, 6.45) is 7.60. The summed E-state index contributed by atoms with van der Waals surface area (Å²) >= 11 is 0. The SMILES string of the molecule is c1cc2c3c(c1)n1ccnc1n3c1nccn21. The van der Waals surface area contributed by atoms with Crippen LogP contribution in [0.4, 0.5) is 0 Å². The van der Waals surface area contributed by atoms with E-state index in [0.29, 0.717) is 0 Å². The molecule has 0 amide bonds. The standard InChI is InChI=1S/C12H7N5/c1-2-8-10-9(3-1)16-7-5-14-12(16)17(10)11-13-4-6-15(8)11/h1-7H. The molecule has 5 heteroatoms. The molecule has 0 N–H and O–H groups in total. The van der Waals surface area contributed by atoms with Crippen molar-refractivity contribution in [1.82, 2.24) is 23.2 Å². The summed E-state index contributed by atoms with van der Waals surface area (Å²) in [5, 5.41) is 0. The highest BCUT2D eigenvalue weighted by molar-refractivity contribution is 5.97. The van der Waals surface area contributed by atoms with Crippen LogP contribution in [0.25, 0.3) is 28.1 Å². The van der Waals surface area contributed by atoms with Gasteiger partial charge in [0.2, 0.25) is 11.6 Å². The lowest BCUT2D eigenvalue weighted by Gasteiger charge is -1.91. The first-order chi connectivity index (χ1) is 8.45. The lowest BCUT2D eigenvalue weighted by atomic mass is 10.3. The molecule has 0 atom stereocenters. The number of hydrogen-bond acceptors (Lipinski definition) is 2. The van der Waals surface area contributed by atoms with Gasteiger partial charge in [-0.3, -0.25) is 8.80 Å². The Kier molecular flexibility index (Phi) is 1.01. The number of hydrogen-bond donors (Lipinski definition) is 0. The lowest BCUT2D eigenvalue weighted by molar-refractivity contribution is 1.13. The van der Waals surface area contributed by atoms with Crippen LogP contribution in [0.15, 0.2) is 43.0 Å². The topological polar surface area (TPSA) is 39.0 Å². The van der Waals surface area contributed by atoms with E-state index in [2.05, 4.69) is 41.4 Å². The van der Waals surface area contributed by atoms with Crippen molar-refractivity contribution < 1.29 is 0 Å². The van der Waals surface area contributed by atoms with Gasteiger partial charge in [-0.2, -0.15) is 0 Å². The van der Waals surface area contributed by atoms with Gasteiger partial charge < -0.3 is 0 Å². The van der Waals surface area contributed by atoms with E-state index in [1.54, 1.807) is 0 Å². The summed E-state index contributed by atoms with van der Waals surface area (Å²) in [4.78, 5) is 8.82. The van der Waals surface area contributed by atoms with Crippen molar-refractivity contribution in [3.05, 3.63) is 43.0 Å². The smallest absolute Gasteiger partial charge is 0.222 e. The first kappa shape index (κ1) is 7.67. The van der Waals surface area contributed by atoms with Crippen molar-refractivity contribution in [2.45, 2.75) is 0 Å². The zero-order valence-corrected chi connectivity index (χ0v) is 8.78. The van der Waals surface area contributed by atoms with E-state index in [1.165, 1.54) is 16.6 Å². The van der Waals surface area contributed by atoms with Crippen LogP contribution in [0, 0.1) is 0 Å². The fourth-order valence-electron chi connectivity index (χ4n) is 2.72. The summed E-state index contributed by atoms with van der Waals surface area (Å²) < 4.78 is 6.29. The molecule has 0 saturated heterocycles. The third kappa shape index (κ3) is 0.665. The largest absolute Gasteiger partial charge is 0.283 e. The Morgan fingerprint density at radius 3 is 2.00 bits per heavy atom. The number of imidazole rings is 4. The van der Waals surface area contributed by atoms with Crippen LogP contribution in [0.5, 0.6) is 0 Å². The minimum Gasteiger partial charge on any atom is -0.283 e. The Hall–Kier alpha value is -2.56. The van der Waals surface area contributed by atoms with Crippen molar-refractivity contribution >= 4 is 28.1 Å². The quantitative estimate of drug-likeness (QED) is 0.400. The summed E-state index contributed by atoms with van der Waals surface area (Å²) in [6, 6.07) is 6.28. The summed E-state index contributed by atoms with van der Waals surface area (Å²) in [7, 11) is 0. The second kappa shape index (κ2) is 2.24. The second-order valence-corrected chi connectivity index (χ2v) is 4.17. The molecule has 1 aromatic carbocycles. The predicted molar refractivity (Wildman–Crippen MR) is 63.6 cm³/mol. The number of nitrogens with zero attached hydrogens (tertiary/aromatic N) is 5. The molecule has 0 saturated carbocycles. The fraction of sp³-hybridized carbons (Fsp3) is 0. The number of aromatic nitrogens is 5. The van der Waals surface area contributed by atoms with Crippen LogP contribution in [-0.2, 0) is 0 Å². The van der Waals surface area contributed by atoms with Gasteiger partial charge in [-0.25, -0.2) is 14.4 Å². The Bertz CT molecular complexity index is 909. The molecule has 0 aliphatic carbocycles. The van der Waals surface area contributed by atoms with Crippen LogP contribution < -0.4 is 0 Å². The van der Waals surface area contributed by atoms with Crippen LogP contribution in [0.3, 0.4) is 0 Å². The normalized spacial score (nSPS) is 12.7. The molecule has 0 bridgehead atoms. The highest BCUT2D eigenvalue weighted by atomic mass is 15.3. The van der Waals surface area contributed by atoms with Gasteiger partial charge in [-0.05, 0) is 12.1 Å². The van der Waals surface area contributed by atoms with Gasteiger partial charge in [0.25, 0.3) is 0 Å². The van der Waals surface area contributed by atoms with E-state index >= 15 is 0 Å². The molecule has 0 fully saturated rings. The van der Waals surface area contributed by atoms with E-state index < -0.39 is 0 Å². The van der Waals surface area contributed by atoms with Gasteiger partial charge in [0.05, 0.1) is 11.0 Å². The zero-order valence-electron chi connectivity index (χ0n) is 8.78. The molecule has 4 heterocycles. The maximum absolute atomic E-state index is 4.41. The van der Waals surface area contributed by atoms with Gasteiger partial charge in [-0.1, -0.05) is 6.07 Å². The molecule has 0 aliphatic rings. The minimum atomic E-state index is 0.914. The van der Waals surface area contributed by atoms with Crippen LogP contribution in [0.2, 0.25) is 0 Å². The third-order valence-corrected chi connectivity index (χ3v) is 3.38. The van der Waals surface area contributed by atoms with Gasteiger partial charge in [0.1, 0.15) is 5.52 Å². The summed E-state index contributed by atoms with van der Waals surface area (Å²) in [6.45, 7) is 0. The molecule has 4 aromatic heterocycles. The summed E-state index contributed by atoms with van der Waals surface area (Å²) in [5.74, 6) is 1.83. The Morgan fingerprint density at radius 1 is 0.824 bits per heavy atom. The molecule has 5 aromatic rings. The van der Waals surface area contributed by atoms with Gasteiger partial charge in [0.15, 0.2) is 0 Å². The first-order valence-electron chi connectivity index (χ1n) is 5.46. The molecule has 0 spiro atoms. The highest BCUT2D eigenvalue weighted by Crippen LogP contribution is 2.28. The van der Waals surface area contributed by atoms with E-state index in [4.69, 9.17) is 0 Å². The van der Waals surface area contributed by atoms with Gasteiger partial charge >= 0.3 is 0 Å². The van der Waals surface area contributed by atoms with Crippen molar-refractivity contribution in [1.29, 1.82) is 0 Å². The number of fused-ring (bicyclic) bond motifs is 6. The van der Waals surface area contributed by atoms with Gasteiger partial charge in [0, 0.05) is 24.8 Å². The van der Waals surface area contributed by atoms with Crippen molar-refractivity contribution in [2.75, 3.05) is 0 Å². The monoisotopic (exact) mass is 221 g/mol. The van der Waals surface area contributed by atoms with E-state index in [9.17, 15) is 0 Å². The van der Waals surface area contributed by atoms with E-state index in [0.717, 1.165) is 11.6 Å². The first-order valence-corrected chi connectivity index (χ1v) is 5.46. The van der Waals surface area contributed by atoms with Crippen molar-refractivity contribution in [3.8, 4) is 0 Å². The lowest BCUT2D eigenvalue weighted by Crippen LogP contribution is -1.86. The number of para-hydroxylation sites is 1. The molecule has 80 valence electrons. The van der Waals surface area contributed by atoms with Crippen LogP contribution >= 0.6 is 0 Å². The average Bonchev–Trinajstić information content (AvgIpc) is 3.06. The minimum absolute atomic E-state index is 0.914. The highest BCUT2D eigenvalue weighted by Gasteiger charge is 2.17. The van der Waals surface area contributed by atoms with Gasteiger partial charge in [-0.15, -0.1) is 0 Å². The van der Waals surface area contributed by atoms with E-state index in [-0.39, 0.29) is 0 Å². The fourth-order valence-corrected chi connectivity index (χ4v) is 2.72. The Balaban J connectivity index is 2.39. The molecule has 5 nitrogen and oxygen atoms in total. The second-order valence-electron chi connectivity index (χ2n) is 4.17. The molecule has 0 aliphatic heterocycles. The van der Waals surface area contributed by atoms with Crippen LogP contribution in [0.1, 0.15) is 0 Å². The Labute approximate surface area is 94.9 Å². The molecular weight excluding hydrogens is 214 g/mol. The predicted octanol–water partition coefficient (Wildman–Crippen LogP) is 1.83. The molecule has 5 rings (SSSR count). The zero-order chi connectivity index (χ0) is 11.0. The van der Waals surface area contributed by atoms with E-state index in [1.807, 2.05) is 24.8 Å². The number of benzene rings is 1. The van der Waals surface area contributed by atoms with Crippen LogP contribution in [-0.4, -0.2) is 23.2 Å². The maximum atomic E-state index is 4.41. The summed E-state index contributed by atoms with van der Waals surface area (Å²) in [5.41, 5.74) is 3.51. The van der Waals surface area contributed by atoms with Crippen molar-refractivity contribution in [3.63, 3.8) is 0 Å². The average molecular weight is 221 g/mol. The number of rotatable bonds is 0. The van der Waals surface area contributed by atoms with Crippen molar-refractivity contribution in [2.24, 2.45) is 0 Å². The Morgan fingerprint density at radius 2 is 1.41 bits per heavy atom.